The highest BCUT2D eigenvalue weighted by molar-refractivity contribution is 7.13. The van der Waals surface area contributed by atoms with Gasteiger partial charge in [-0.05, 0) is 37.3 Å². The Kier molecular flexibility index (Phi) is 5.00. The topological polar surface area (TPSA) is 85.9 Å². The second-order valence-corrected chi connectivity index (χ2v) is 7.90. The van der Waals surface area contributed by atoms with E-state index in [9.17, 15) is 10.1 Å². The van der Waals surface area contributed by atoms with Gasteiger partial charge in [-0.25, -0.2) is 9.67 Å². The molecule has 1 aromatic carbocycles. The summed E-state index contributed by atoms with van der Waals surface area (Å²) in [5.41, 5.74) is 0.938. The first-order chi connectivity index (χ1) is 13.6. The van der Waals surface area contributed by atoms with Crippen molar-refractivity contribution < 1.29 is 9.34 Å². The van der Waals surface area contributed by atoms with Gasteiger partial charge in [-0.15, -0.1) is 22.7 Å². The number of rotatable bonds is 5. The van der Waals surface area contributed by atoms with Crippen LogP contribution in [-0.4, -0.2) is 15.8 Å². The fraction of sp³-hybridized carbons (Fsp3) is 0.0526. The van der Waals surface area contributed by atoms with Crippen LogP contribution in [0.4, 0.5) is 11.4 Å². The van der Waals surface area contributed by atoms with Crippen LogP contribution < -0.4 is 4.80 Å². The van der Waals surface area contributed by atoms with E-state index in [0.29, 0.717) is 10.6 Å². The minimum atomic E-state index is -0.443. The molecular weight excluding hydrogens is 396 g/mol. The molecule has 0 aliphatic heterocycles. The van der Waals surface area contributed by atoms with Gasteiger partial charge in [0.1, 0.15) is 11.4 Å². The second kappa shape index (κ2) is 7.75. The Balaban J connectivity index is 1.86. The van der Waals surface area contributed by atoms with Gasteiger partial charge in [-0.2, -0.15) is 5.10 Å². The summed E-state index contributed by atoms with van der Waals surface area (Å²) < 4.78 is 7.14. The normalized spacial score (nSPS) is 12.1. The molecule has 0 aliphatic carbocycles. The summed E-state index contributed by atoms with van der Waals surface area (Å²) in [6.45, 7) is 2.03. The van der Waals surface area contributed by atoms with Gasteiger partial charge in [-0.1, -0.05) is 12.1 Å². The molecule has 0 N–H and O–H groups in total. The molecule has 0 saturated carbocycles. The van der Waals surface area contributed by atoms with Crippen LogP contribution in [0.15, 0.2) is 74.7 Å². The summed E-state index contributed by atoms with van der Waals surface area (Å²) in [6.07, 6.45) is 3.33. The van der Waals surface area contributed by atoms with E-state index in [1.165, 1.54) is 22.3 Å². The van der Waals surface area contributed by atoms with Crippen molar-refractivity contribution >= 4 is 40.3 Å². The fourth-order valence-corrected chi connectivity index (χ4v) is 4.11. The second-order valence-electron chi connectivity index (χ2n) is 5.74. The molecule has 0 aliphatic rings. The molecule has 0 saturated heterocycles. The highest BCUT2D eigenvalue weighted by atomic mass is 32.1. The largest absolute Gasteiger partial charge is 0.463 e. The fourth-order valence-electron chi connectivity index (χ4n) is 2.54. The van der Waals surface area contributed by atoms with Crippen LogP contribution >= 0.6 is 22.7 Å². The number of aryl methyl sites for hydroxylation is 1. The summed E-state index contributed by atoms with van der Waals surface area (Å²) in [5.74, 6) is 0.639. The van der Waals surface area contributed by atoms with Crippen LogP contribution in [0.5, 0.6) is 0 Å². The van der Waals surface area contributed by atoms with Gasteiger partial charge >= 0.3 is 0 Å². The zero-order chi connectivity index (χ0) is 19.5. The molecule has 0 unspecified atom stereocenters. The van der Waals surface area contributed by atoms with Crippen LogP contribution in [0.1, 0.15) is 9.75 Å². The Hall–Kier alpha value is -3.30. The quantitative estimate of drug-likeness (QED) is 0.257. The number of para-hydroxylation sites is 2. The van der Waals surface area contributed by atoms with Gasteiger partial charge in [0.25, 0.3) is 5.69 Å². The number of hydrogen-bond acceptors (Lipinski definition) is 7. The number of benzene rings is 1. The van der Waals surface area contributed by atoms with Crippen LogP contribution in [0, 0.1) is 17.0 Å². The maximum atomic E-state index is 11.3. The van der Waals surface area contributed by atoms with E-state index in [1.807, 2.05) is 30.5 Å². The Morgan fingerprint density at radius 1 is 1.18 bits per heavy atom. The summed E-state index contributed by atoms with van der Waals surface area (Å²) in [7, 11) is 0. The lowest BCUT2D eigenvalue weighted by atomic mass is 10.3. The number of nitro benzene ring substituents is 1. The standard InChI is InChI=1S/C19H14N4O3S2/c1-13-8-9-14(28-13)11-20-22-17(18-7-4-10-26-18)12-27-19(22)21-15-5-2-3-6-16(15)23(24)25/h2-12H,1H3. The highest BCUT2D eigenvalue weighted by Gasteiger charge is 2.14. The number of aromatic nitrogens is 1. The van der Waals surface area contributed by atoms with Crippen molar-refractivity contribution in [2.75, 3.05) is 0 Å². The Morgan fingerprint density at radius 2 is 2.04 bits per heavy atom. The lowest BCUT2D eigenvalue weighted by molar-refractivity contribution is -0.384. The number of thiazole rings is 1. The molecule has 0 spiro atoms. The molecule has 0 fully saturated rings. The number of furan rings is 1. The SMILES string of the molecule is Cc1ccc(C=Nn2c(-c3ccco3)csc2=Nc2ccccc2[N+](=O)[O-])s1. The molecule has 3 heterocycles. The maximum absolute atomic E-state index is 11.3. The first-order valence-electron chi connectivity index (χ1n) is 8.25. The molecule has 140 valence electrons. The van der Waals surface area contributed by atoms with E-state index in [4.69, 9.17) is 4.42 Å². The van der Waals surface area contributed by atoms with Gasteiger partial charge in [0.15, 0.2) is 5.76 Å². The minimum Gasteiger partial charge on any atom is -0.463 e. The third-order valence-corrected chi connectivity index (χ3v) is 5.57. The lowest BCUT2D eigenvalue weighted by Crippen LogP contribution is -2.11. The molecule has 0 radical (unpaired) electrons. The predicted molar refractivity (Wildman–Crippen MR) is 110 cm³/mol. The van der Waals surface area contributed by atoms with E-state index >= 15 is 0 Å². The first kappa shape index (κ1) is 18.1. The van der Waals surface area contributed by atoms with E-state index in [0.717, 1.165) is 10.6 Å². The van der Waals surface area contributed by atoms with Crippen molar-refractivity contribution in [2.24, 2.45) is 10.1 Å². The predicted octanol–water partition coefficient (Wildman–Crippen LogP) is 5.20. The van der Waals surface area contributed by atoms with Crippen LogP contribution in [-0.2, 0) is 0 Å². The third-order valence-electron chi connectivity index (χ3n) is 3.82. The van der Waals surface area contributed by atoms with E-state index in [2.05, 4.69) is 10.1 Å². The van der Waals surface area contributed by atoms with Crippen molar-refractivity contribution in [1.29, 1.82) is 0 Å². The van der Waals surface area contributed by atoms with Crippen molar-refractivity contribution in [1.82, 2.24) is 4.68 Å². The van der Waals surface area contributed by atoms with Crippen LogP contribution in [0.3, 0.4) is 0 Å². The highest BCUT2D eigenvalue weighted by Crippen LogP contribution is 2.27. The molecule has 9 heteroatoms. The van der Waals surface area contributed by atoms with Gasteiger partial charge in [0.05, 0.1) is 17.4 Å². The minimum absolute atomic E-state index is 0.0557. The number of nitrogens with zero attached hydrogens (tertiary/aromatic N) is 4. The average Bonchev–Trinajstić information content (AvgIpc) is 3.41. The zero-order valence-corrected chi connectivity index (χ0v) is 16.3. The van der Waals surface area contributed by atoms with Crippen molar-refractivity contribution in [2.45, 2.75) is 6.92 Å². The van der Waals surface area contributed by atoms with E-state index in [1.54, 1.807) is 52.8 Å². The summed E-state index contributed by atoms with van der Waals surface area (Å²) in [6, 6.07) is 14.0. The molecule has 4 aromatic rings. The van der Waals surface area contributed by atoms with Crippen LogP contribution in [0.25, 0.3) is 11.5 Å². The average molecular weight is 410 g/mol. The third kappa shape index (κ3) is 3.71. The summed E-state index contributed by atoms with van der Waals surface area (Å²) in [5, 5.41) is 17.7. The molecule has 7 nitrogen and oxygen atoms in total. The molecule has 0 bridgehead atoms. The monoisotopic (exact) mass is 410 g/mol. The smallest absolute Gasteiger partial charge is 0.294 e. The Morgan fingerprint density at radius 3 is 2.75 bits per heavy atom. The van der Waals surface area contributed by atoms with E-state index < -0.39 is 4.92 Å². The van der Waals surface area contributed by atoms with Gasteiger partial charge in [0, 0.05) is 21.2 Å². The summed E-state index contributed by atoms with van der Waals surface area (Å²) in [4.78, 5) is 18.0. The Labute approximate surface area is 167 Å². The first-order valence-corrected chi connectivity index (χ1v) is 9.95. The number of nitro groups is 1. The molecule has 3 aromatic heterocycles. The molecule has 0 atom stereocenters. The zero-order valence-electron chi connectivity index (χ0n) is 14.7. The van der Waals surface area contributed by atoms with Crippen molar-refractivity contribution in [3.63, 3.8) is 0 Å². The van der Waals surface area contributed by atoms with E-state index in [-0.39, 0.29) is 11.4 Å². The van der Waals surface area contributed by atoms with Crippen molar-refractivity contribution in [3.8, 4) is 11.5 Å². The molecule has 4 rings (SSSR count). The Bertz CT molecular complexity index is 1220. The molecule has 0 amide bonds. The molecule has 28 heavy (non-hydrogen) atoms. The lowest BCUT2D eigenvalue weighted by Gasteiger charge is -2.00. The van der Waals surface area contributed by atoms with Crippen LogP contribution in [0.2, 0.25) is 0 Å². The number of thiophene rings is 1. The number of hydrogen-bond donors (Lipinski definition) is 0. The van der Waals surface area contributed by atoms with Crippen molar-refractivity contribution in [3.05, 3.63) is 84.8 Å². The van der Waals surface area contributed by atoms with Gasteiger partial charge < -0.3 is 4.42 Å². The maximum Gasteiger partial charge on any atom is 0.294 e. The summed E-state index contributed by atoms with van der Waals surface area (Å²) >= 11 is 2.96. The van der Waals surface area contributed by atoms with Gasteiger partial charge in [-0.3, -0.25) is 10.1 Å². The molecular formula is C19H14N4O3S2. The van der Waals surface area contributed by atoms with Gasteiger partial charge in [0.2, 0.25) is 4.80 Å².